The van der Waals surface area contributed by atoms with Crippen molar-refractivity contribution in [2.45, 2.75) is 0 Å². The summed E-state index contributed by atoms with van der Waals surface area (Å²) in [6.45, 7) is 0. The summed E-state index contributed by atoms with van der Waals surface area (Å²) in [5, 5.41) is 2.34. The van der Waals surface area contributed by atoms with Gasteiger partial charge in [-0.05, 0) is 5.56 Å². The molecule has 1 aromatic carbocycles. The molecule has 0 atom stereocenters. The fraction of sp³-hybridized carbons (Fsp3) is 0.0909. The van der Waals surface area contributed by atoms with E-state index in [4.69, 9.17) is 4.74 Å². The van der Waals surface area contributed by atoms with Crippen LogP contribution in [0.1, 0.15) is 0 Å². The lowest BCUT2D eigenvalue weighted by molar-refractivity contribution is 0.199. The molecule has 16 heavy (non-hydrogen) atoms. The first kappa shape index (κ1) is 10.2. The lowest BCUT2D eigenvalue weighted by Gasteiger charge is -1.98. The molecule has 1 heterocycles. The van der Waals surface area contributed by atoms with E-state index in [9.17, 15) is 4.79 Å². The van der Waals surface area contributed by atoms with Crippen molar-refractivity contribution < 1.29 is 9.53 Å². The Morgan fingerprint density at radius 1 is 1.38 bits per heavy atom. The van der Waals surface area contributed by atoms with Crippen molar-refractivity contribution in [1.29, 1.82) is 0 Å². The predicted octanol–water partition coefficient (Wildman–Crippen LogP) is 1.79. The Balaban J connectivity index is 2.17. The van der Waals surface area contributed by atoms with Crippen LogP contribution in [0.25, 0.3) is 11.3 Å². The quantitative estimate of drug-likeness (QED) is 0.805. The average Bonchev–Trinajstić information content (AvgIpc) is 2.78. The Labute approximate surface area is 92.5 Å². The number of amides is 1. The Hall–Kier alpha value is -2.30. The van der Waals surface area contributed by atoms with Crippen molar-refractivity contribution in [2.24, 2.45) is 0 Å². The zero-order valence-electron chi connectivity index (χ0n) is 8.73. The van der Waals surface area contributed by atoms with Gasteiger partial charge in [-0.3, -0.25) is 0 Å². The van der Waals surface area contributed by atoms with Gasteiger partial charge in [0.05, 0.1) is 11.9 Å². The molecule has 1 aromatic heterocycles. The molecule has 0 bridgehead atoms. The third-order valence-corrected chi connectivity index (χ3v) is 2.03. The van der Waals surface area contributed by atoms with E-state index in [0.717, 1.165) is 11.3 Å². The van der Waals surface area contributed by atoms with Gasteiger partial charge in [-0.25, -0.2) is 9.78 Å². The van der Waals surface area contributed by atoms with E-state index in [1.54, 1.807) is 6.20 Å². The number of ether oxygens (including phenoxy) is 1. The summed E-state index contributed by atoms with van der Waals surface area (Å²) in [7, 11) is 1.49. The summed E-state index contributed by atoms with van der Waals surface area (Å²) in [6.07, 6.45) is 1.07. The van der Waals surface area contributed by atoms with Gasteiger partial charge in [0.15, 0.2) is 0 Å². The van der Waals surface area contributed by atoms with Crippen LogP contribution < -0.4 is 10.1 Å². The molecule has 0 fully saturated rings. The monoisotopic (exact) mass is 217 g/mol. The first-order valence-electron chi connectivity index (χ1n) is 4.79. The minimum Gasteiger partial charge on any atom is -0.375 e. The summed E-state index contributed by atoms with van der Waals surface area (Å²) in [5.41, 5.74) is 1.79. The van der Waals surface area contributed by atoms with Crippen molar-refractivity contribution in [2.75, 3.05) is 7.05 Å². The van der Waals surface area contributed by atoms with Crippen LogP contribution in [0.5, 0.6) is 6.01 Å². The summed E-state index contributed by atoms with van der Waals surface area (Å²) < 4.78 is 4.85. The van der Waals surface area contributed by atoms with Crippen LogP contribution in [-0.2, 0) is 0 Å². The number of rotatable bonds is 2. The topological polar surface area (TPSA) is 67.0 Å². The second-order valence-corrected chi connectivity index (χ2v) is 3.11. The summed E-state index contributed by atoms with van der Waals surface area (Å²) in [6, 6.07) is 9.85. The van der Waals surface area contributed by atoms with Crippen molar-refractivity contribution in [3.05, 3.63) is 36.5 Å². The number of aromatic nitrogens is 2. The number of imidazole rings is 1. The van der Waals surface area contributed by atoms with Gasteiger partial charge in [-0.15, -0.1) is 0 Å². The first-order chi connectivity index (χ1) is 7.79. The Morgan fingerprint density at radius 2 is 2.12 bits per heavy atom. The van der Waals surface area contributed by atoms with Crippen LogP contribution in [0, 0.1) is 0 Å². The van der Waals surface area contributed by atoms with E-state index < -0.39 is 6.09 Å². The second-order valence-electron chi connectivity index (χ2n) is 3.11. The largest absolute Gasteiger partial charge is 0.414 e. The van der Waals surface area contributed by atoms with Gasteiger partial charge in [-0.2, -0.15) is 0 Å². The van der Waals surface area contributed by atoms with Gasteiger partial charge >= 0.3 is 12.1 Å². The van der Waals surface area contributed by atoms with Crippen LogP contribution in [0.2, 0.25) is 0 Å². The number of carbonyl (C=O) groups is 1. The maximum Gasteiger partial charge on any atom is 0.414 e. The lowest BCUT2D eigenvalue weighted by atomic mass is 10.2. The molecular weight excluding hydrogens is 206 g/mol. The number of nitrogens with one attached hydrogen (secondary N) is 2. The molecule has 0 aliphatic heterocycles. The molecule has 0 radical (unpaired) electrons. The van der Waals surface area contributed by atoms with E-state index >= 15 is 0 Å². The minimum absolute atomic E-state index is 0.179. The molecule has 0 saturated heterocycles. The molecule has 2 aromatic rings. The van der Waals surface area contributed by atoms with Gasteiger partial charge in [0.2, 0.25) is 0 Å². The summed E-state index contributed by atoms with van der Waals surface area (Å²) >= 11 is 0. The van der Waals surface area contributed by atoms with E-state index in [2.05, 4.69) is 15.3 Å². The molecule has 0 aliphatic carbocycles. The minimum atomic E-state index is -0.547. The standard InChI is InChI=1S/C11H11N3O2/c1-12-11(15)16-10-13-7-9(14-10)8-5-3-2-4-6-8/h2-7H,1H3,(H,12,15)(H,13,14). The van der Waals surface area contributed by atoms with E-state index in [1.165, 1.54) is 7.05 Å². The molecule has 0 aliphatic rings. The third-order valence-electron chi connectivity index (χ3n) is 2.03. The Morgan fingerprint density at radius 3 is 2.81 bits per heavy atom. The molecule has 2 N–H and O–H groups in total. The summed E-state index contributed by atoms with van der Waals surface area (Å²) in [4.78, 5) is 17.8. The highest BCUT2D eigenvalue weighted by Crippen LogP contribution is 2.18. The molecular formula is C11H11N3O2. The summed E-state index contributed by atoms with van der Waals surface area (Å²) in [5.74, 6) is 0. The number of carbonyl (C=O) groups excluding carboxylic acids is 1. The molecule has 82 valence electrons. The van der Waals surface area contributed by atoms with Crippen LogP contribution in [0.3, 0.4) is 0 Å². The Bertz CT molecular complexity index is 479. The third kappa shape index (κ3) is 2.20. The van der Waals surface area contributed by atoms with E-state index in [-0.39, 0.29) is 6.01 Å². The van der Waals surface area contributed by atoms with Crippen molar-refractivity contribution in [3.63, 3.8) is 0 Å². The molecule has 5 heteroatoms. The van der Waals surface area contributed by atoms with E-state index in [1.807, 2.05) is 30.3 Å². The number of aromatic amines is 1. The van der Waals surface area contributed by atoms with Gasteiger partial charge in [0, 0.05) is 7.05 Å². The van der Waals surface area contributed by atoms with E-state index in [0.29, 0.717) is 0 Å². The smallest absolute Gasteiger partial charge is 0.375 e. The predicted molar refractivity (Wildman–Crippen MR) is 59.1 cm³/mol. The molecule has 2 rings (SSSR count). The maximum absolute atomic E-state index is 10.9. The highest BCUT2D eigenvalue weighted by molar-refractivity contribution is 5.69. The highest BCUT2D eigenvalue weighted by Gasteiger charge is 2.06. The number of hydrogen-bond acceptors (Lipinski definition) is 3. The van der Waals surface area contributed by atoms with Crippen molar-refractivity contribution in [1.82, 2.24) is 15.3 Å². The number of hydrogen-bond donors (Lipinski definition) is 2. The van der Waals surface area contributed by atoms with Crippen LogP contribution in [0.4, 0.5) is 4.79 Å². The van der Waals surface area contributed by atoms with Gasteiger partial charge < -0.3 is 15.0 Å². The number of benzene rings is 1. The van der Waals surface area contributed by atoms with Crippen molar-refractivity contribution >= 4 is 6.09 Å². The number of nitrogens with zero attached hydrogens (tertiary/aromatic N) is 1. The van der Waals surface area contributed by atoms with Crippen LogP contribution >= 0.6 is 0 Å². The molecule has 0 saturated carbocycles. The highest BCUT2D eigenvalue weighted by atomic mass is 16.6. The molecule has 0 spiro atoms. The normalized spacial score (nSPS) is 9.81. The van der Waals surface area contributed by atoms with Crippen LogP contribution in [0.15, 0.2) is 36.5 Å². The lowest BCUT2D eigenvalue weighted by Crippen LogP contribution is -2.22. The fourth-order valence-electron chi connectivity index (χ4n) is 1.26. The SMILES string of the molecule is CNC(=O)Oc1ncc(-c2ccccc2)[nH]1. The zero-order valence-corrected chi connectivity index (χ0v) is 8.73. The zero-order chi connectivity index (χ0) is 11.4. The molecule has 5 nitrogen and oxygen atoms in total. The molecule has 0 unspecified atom stereocenters. The second kappa shape index (κ2) is 4.48. The fourth-order valence-corrected chi connectivity index (χ4v) is 1.26. The molecule has 1 amide bonds. The average molecular weight is 217 g/mol. The van der Waals surface area contributed by atoms with Gasteiger partial charge in [-0.1, -0.05) is 30.3 Å². The Kier molecular flexibility index (Phi) is 2.86. The van der Waals surface area contributed by atoms with Gasteiger partial charge in [0.25, 0.3) is 0 Å². The van der Waals surface area contributed by atoms with Crippen molar-refractivity contribution in [3.8, 4) is 17.3 Å². The van der Waals surface area contributed by atoms with Crippen LogP contribution in [-0.4, -0.2) is 23.1 Å². The number of H-pyrrole nitrogens is 1. The van der Waals surface area contributed by atoms with Gasteiger partial charge in [0.1, 0.15) is 0 Å². The first-order valence-corrected chi connectivity index (χ1v) is 4.79. The maximum atomic E-state index is 10.9.